The van der Waals surface area contributed by atoms with Gasteiger partial charge < -0.3 is 4.90 Å². The molecule has 0 bridgehead atoms. The minimum Gasteiger partial charge on any atom is -0.342 e. The van der Waals surface area contributed by atoms with Gasteiger partial charge >= 0.3 is 0 Å². The molecule has 2 aliphatic rings. The lowest BCUT2D eigenvalue weighted by Gasteiger charge is -2.27. The fourth-order valence-corrected chi connectivity index (χ4v) is 4.49. The van der Waals surface area contributed by atoms with Crippen molar-refractivity contribution >= 4 is 56.9 Å². The molecule has 0 spiro atoms. The van der Waals surface area contributed by atoms with E-state index in [4.69, 9.17) is 12.2 Å². The lowest BCUT2D eigenvalue weighted by Crippen LogP contribution is -2.27. The van der Waals surface area contributed by atoms with Crippen LogP contribution in [0.2, 0.25) is 0 Å². The van der Waals surface area contributed by atoms with Crippen molar-refractivity contribution in [3.05, 3.63) is 64.9 Å². The van der Waals surface area contributed by atoms with Crippen LogP contribution < -0.4 is 4.90 Å². The van der Waals surface area contributed by atoms with Gasteiger partial charge in [0.05, 0.1) is 16.1 Å². The van der Waals surface area contributed by atoms with E-state index in [-0.39, 0.29) is 5.91 Å². The topological polar surface area (TPSA) is 36.4 Å². The number of hydrogen-bond acceptors (Lipinski definition) is 5. The number of rotatable bonds is 2. The number of carbonyl (C=O) groups is 1. The third-order valence-electron chi connectivity index (χ3n) is 4.53. The zero-order chi connectivity index (χ0) is 18.3. The van der Waals surface area contributed by atoms with Crippen molar-refractivity contribution in [3.63, 3.8) is 0 Å². The number of anilines is 1. The van der Waals surface area contributed by atoms with Gasteiger partial charge in [-0.05, 0) is 31.2 Å². The third kappa shape index (κ3) is 2.75. The molecule has 0 aliphatic carbocycles. The van der Waals surface area contributed by atoms with Gasteiger partial charge in [-0.2, -0.15) is 0 Å². The molecule has 130 valence electrons. The van der Waals surface area contributed by atoms with E-state index in [1.54, 1.807) is 4.90 Å². The van der Waals surface area contributed by atoms with Crippen LogP contribution in [0.4, 0.5) is 5.69 Å². The first kappa shape index (κ1) is 17.0. The number of likely N-dealkylation sites (N-methyl/N-ethyl adjacent to an activating group) is 2. The van der Waals surface area contributed by atoms with Gasteiger partial charge in [0.15, 0.2) is 0 Å². The van der Waals surface area contributed by atoms with Gasteiger partial charge in [0.1, 0.15) is 4.32 Å². The van der Waals surface area contributed by atoms with E-state index in [1.807, 2.05) is 44.5 Å². The van der Waals surface area contributed by atoms with Gasteiger partial charge in [-0.15, -0.1) is 0 Å². The third-order valence-corrected chi connectivity index (χ3v) is 5.93. The Morgan fingerprint density at radius 1 is 1.23 bits per heavy atom. The number of nitrogens with zero attached hydrogens (tertiary/aromatic N) is 3. The molecule has 0 unspecified atom stereocenters. The number of carbonyl (C=O) groups excluding carboxylic acids is 1. The van der Waals surface area contributed by atoms with Crippen molar-refractivity contribution < 1.29 is 4.79 Å². The predicted molar refractivity (Wildman–Crippen MR) is 113 cm³/mol. The van der Waals surface area contributed by atoms with Crippen molar-refractivity contribution in [2.45, 2.75) is 6.92 Å². The molecular formula is C20H17N3OS2. The number of hydrogen-bond donors (Lipinski definition) is 0. The number of amides is 1. The summed E-state index contributed by atoms with van der Waals surface area (Å²) >= 11 is 6.62. The summed E-state index contributed by atoms with van der Waals surface area (Å²) in [4.78, 5) is 21.3. The summed E-state index contributed by atoms with van der Waals surface area (Å²) in [6.07, 6.45) is 9.76. The van der Waals surface area contributed by atoms with Crippen molar-refractivity contribution in [3.8, 4) is 0 Å². The first-order valence-corrected chi connectivity index (χ1v) is 9.58. The van der Waals surface area contributed by atoms with Gasteiger partial charge in [-0.1, -0.05) is 48.3 Å². The van der Waals surface area contributed by atoms with Crippen LogP contribution in [0.25, 0.3) is 17.0 Å². The SMILES string of the molecule is CCN1C(=O)C(=CC=C2C=Cc3ccc4cccnc4c3N2C)SC1=S. The highest BCUT2D eigenvalue weighted by atomic mass is 32.2. The van der Waals surface area contributed by atoms with Crippen LogP contribution in [0.1, 0.15) is 12.5 Å². The summed E-state index contributed by atoms with van der Waals surface area (Å²) in [6, 6.07) is 8.20. The van der Waals surface area contributed by atoms with Crippen LogP contribution in [0, 0.1) is 0 Å². The Hall–Kier alpha value is -2.44. The van der Waals surface area contributed by atoms with Crippen molar-refractivity contribution in [1.82, 2.24) is 9.88 Å². The van der Waals surface area contributed by atoms with Crippen molar-refractivity contribution in [1.29, 1.82) is 0 Å². The molecule has 1 fully saturated rings. The minimum absolute atomic E-state index is 0.0192. The largest absolute Gasteiger partial charge is 0.342 e. The molecule has 1 aromatic carbocycles. The highest BCUT2D eigenvalue weighted by molar-refractivity contribution is 8.26. The summed E-state index contributed by atoms with van der Waals surface area (Å²) in [5.74, 6) is -0.0192. The zero-order valence-corrected chi connectivity index (χ0v) is 16.1. The van der Waals surface area contributed by atoms with Gasteiger partial charge in [0.25, 0.3) is 5.91 Å². The van der Waals surface area contributed by atoms with Gasteiger partial charge in [-0.25, -0.2) is 0 Å². The Balaban J connectivity index is 1.72. The van der Waals surface area contributed by atoms with Crippen LogP contribution in [0.3, 0.4) is 0 Å². The van der Waals surface area contributed by atoms with Gasteiger partial charge in [0, 0.05) is 36.4 Å². The molecular weight excluding hydrogens is 362 g/mol. The Bertz CT molecular complexity index is 1020. The Morgan fingerprint density at radius 3 is 2.85 bits per heavy atom. The van der Waals surface area contributed by atoms with Crippen molar-refractivity contribution in [2.24, 2.45) is 0 Å². The molecule has 1 aromatic heterocycles. The number of thiocarbonyl (C=S) groups is 1. The number of thioether (sulfide) groups is 1. The van der Waals surface area contributed by atoms with E-state index < -0.39 is 0 Å². The summed E-state index contributed by atoms with van der Waals surface area (Å²) in [5, 5.41) is 1.11. The summed E-state index contributed by atoms with van der Waals surface area (Å²) < 4.78 is 0.621. The lowest BCUT2D eigenvalue weighted by molar-refractivity contribution is -0.122. The number of allylic oxidation sites excluding steroid dienone is 3. The van der Waals surface area contributed by atoms with Crippen LogP contribution in [-0.2, 0) is 4.79 Å². The molecule has 1 saturated heterocycles. The molecule has 0 N–H and O–H groups in total. The fourth-order valence-electron chi connectivity index (χ4n) is 3.16. The molecule has 4 rings (SSSR count). The molecule has 26 heavy (non-hydrogen) atoms. The normalized spacial score (nSPS) is 19.9. The van der Waals surface area contributed by atoms with E-state index in [9.17, 15) is 4.79 Å². The van der Waals surface area contributed by atoms with E-state index >= 15 is 0 Å². The molecule has 1 amide bonds. The number of aromatic nitrogens is 1. The molecule has 0 radical (unpaired) electrons. The molecule has 2 aromatic rings. The molecule has 6 heteroatoms. The highest BCUT2D eigenvalue weighted by Crippen LogP contribution is 2.36. The summed E-state index contributed by atoms with van der Waals surface area (Å²) in [6.45, 7) is 2.53. The highest BCUT2D eigenvalue weighted by Gasteiger charge is 2.30. The molecule has 0 saturated carbocycles. The zero-order valence-electron chi connectivity index (χ0n) is 14.5. The van der Waals surface area contributed by atoms with E-state index in [0.717, 1.165) is 27.9 Å². The second kappa shape index (κ2) is 6.70. The lowest BCUT2D eigenvalue weighted by atomic mass is 10.0. The van der Waals surface area contributed by atoms with Crippen LogP contribution in [0.5, 0.6) is 0 Å². The second-order valence-electron chi connectivity index (χ2n) is 6.01. The Morgan fingerprint density at radius 2 is 2.08 bits per heavy atom. The monoisotopic (exact) mass is 379 g/mol. The first-order valence-electron chi connectivity index (χ1n) is 8.35. The van der Waals surface area contributed by atoms with Crippen LogP contribution in [-0.4, -0.2) is 33.7 Å². The van der Waals surface area contributed by atoms with Crippen molar-refractivity contribution in [2.75, 3.05) is 18.5 Å². The average molecular weight is 380 g/mol. The smallest absolute Gasteiger partial charge is 0.266 e. The Kier molecular flexibility index (Phi) is 4.38. The molecule has 4 nitrogen and oxygen atoms in total. The van der Waals surface area contributed by atoms with E-state index in [0.29, 0.717) is 15.8 Å². The average Bonchev–Trinajstić information content (AvgIpc) is 2.93. The summed E-state index contributed by atoms with van der Waals surface area (Å²) in [5.41, 5.74) is 4.18. The molecule has 2 aliphatic heterocycles. The van der Waals surface area contributed by atoms with E-state index in [2.05, 4.69) is 34.2 Å². The van der Waals surface area contributed by atoms with Crippen LogP contribution >= 0.6 is 24.0 Å². The number of benzene rings is 1. The van der Waals surface area contributed by atoms with Crippen LogP contribution in [0.15, 0.2) is 59.3 Å². The quantitative estimate of drug-likeness (QED) is 0.573. The summed E-state index contributed by atoms with van der Waals surface area (Å²) in [7, 11) is 2.02. The Labute approximate surface area is 161 Å². The number of pyridine rings is 1. The fraction of sp³-hybridized carbons (Fsp3) is 0.150. The number of fused-ring (bicyclic) bond motifs is 3. The van der Waals surface area contributed by atoms with E-state index in [1.165, 1.54) is 11.8 Å². The second-order valence-corrected chi connectivity index (χ2v) is 7.69. The molecule has 3 heterocycles. The maximum absolute atomic E-state index is 12.4. The maximum Gasteiger partial charge on any atom is 0.266 e. The predicted octanol–water partition coefficient (Wildman–Crippen LogP) is 4.35. The molecule has 0 atom stereocenters. The van der Waals surface area contributed by atoms with Gasteiger partial charge in [-0.3, -0.25) is 14.7 Å². The maximum atomic E-state index is 12.4. The van der Waals surface area contributed by atoms with Gasteiger partial charge in [0.2, 0.25) is 0 Å². The minimum atomic E-state index is -0.0192. The standard InChI is InChI=1S/C20H17N3OS2/c1-3-23-19(24)16(26-20(23)25)11-10-15-9-8-14-7-6-13-5-4-12-21-17(13)18(14)22(15)2/h4-12H,3H2,1-2H3. The first-order chi connectivity index (χ1) is 12.6.